The summed E-state index contributed by atoms with van der Waals surface area (Å²) in [6, 6.07) is 4.19. The van der Waals surface area contributed by atoms with Gasteiger partial charge in [-0.1, -0.05) is 0 Å². The third-order valence-electron chi connectivity index (χ3n) is 2.87. The first-order chi connectivity index (χ1) is 7.58. The number of phenolic OH excluding ortho intramolecular Hbond substituents is 1. The van der Waals surface area contributed by atoms with Crippen LogP contribution in [-0.4, -0.2) is 28.8 Å². The van der Waals surface area contributed by atoms with Crippen molar-refractivity contribution >= 4 is 11.7 Å². The number of carboxylic acids is 1. The van der Waals surface area contributed by atoms with Gasteiger partial charge in [-0.05, 0) is 30.2 Å². The molecular formula is C11H14N2O3. The van der Waals surface area contributed by atoms with Gasteiger partial charge in [0, 0.05) is 18.2 Å². The maximum Gasteiger partial charge on any atom is 0.320 e. The van der Waals surface area contributed by atoms with Crippen molar-refractivity contribution in [2.45, 2.75) is 18.4 Å². The van der Waals surface area contributed by atoms with Crippen molar-refractivity contribution in [1.82, 2.24) is 0 Å². The number of fused-ring (bicyclic) bond motifs is 1. The Morgan fingerprint density at radius 2 is 2.38 bits per heavy atom. The Hall–Kier alpha value is -1.75. The van der Waals surface area contributed by atoms with Gasteiger partial charge < -0.3 is 21.3 Å². The topological polar surface area (TPSA) is 95.6 Å². The molecule has 0 radical (unpaired) electrons. The third kappa shape index (κ3) is 1.94. The zero-order chi connectivity index (χ0) is 11.7. The van der Waals surface area contributed by atoms with Crippen LogP contribution in [0.4, 0.5) is 5.69 Å². The number of phenols is 1. The van der Waals surface area contributed by atoms with Crippen LogP contribution in [0, 0.1) is 0 Å². The lowest BCUT2D eigenvalue weighted by Gasteiger charge is -2.13. The number of nitrogens with one attached hydrogen (secondary N) is 1. The minimum atomic E-state index is -0.992. The van der Waals surface area contributed by atoms with Crippen molar-refractivity contribution in [2.75, 3.05) is 11.9 Å². The van der Waals surface area contributed by atoms with Crippen LogP contribution in [0.1, 0.15) is 17.9 Å². The molecule has 1 aromatic carbocycles. The molecule has 1 aliphatic rings. The van der Waals surface area contributed by atoms with Gasteiger partial charge in [-0.3, -0.25) is 4.79 Å². The Labute approximate surface area is 92.9 Å². The number of carboxylic acid groups (broad SMARTS) is 1. The van der Waals surface area contributed by atoms with E-state index in [-0.39, 0.29) is 11.7 Å². The van der Waals surface area contributed by atoms with Crippen molar-refractivity contribution < 1.29 is 15.0 Å². The van der Waals surface area contributed by atoms with E-state index in [9.17, 15) is 9.90 Å². The van der Waals surface area contributed by atoms with E-state index in [1.807, 2.05) is 0 Å². The molecule has 1 aromatic rings. The number of nitrogens with two attached hydrogens (primary N) is 1. The van der Waals surface area contributed by atoms with Gasteiger partial charge in [0.1, 0.15) is 11.8 Å². The molecule has 5 heteroatoms. The van der Waals surface area contributed by atoms with E-state index in [4.69, 9.17) is 10.8 Å². The summed E-state index contributed by atoms with van der Waals surface area (Å²) in [5.74, 6) is -0.752. The van der Waals surface area contributed by atoms with Crippen LogP contribution < -0.4 is 11.1 Å². The van der Waals surface area contributed by atoms with Crippen LogP contribution in [0.5, 0.6) is 5.75 Å². The Kier molecular flexibility index (Phi) is 2.70. The van der Waals surface area contributed by atoms with E-state index in [1.165, 1.54) is 0 Å². The summed E-state index contributed by atoms with van der Waals surface area (Å²) >= 11 is 0. The Morgan fingerprint density at radius 3 is 3.06 bits per heavy atom. The summed E-state index contributed by atoms with van der Waals surface area (Å²) in [4.78, 5) is 10.7. The summed E-state index contributed by atoms with van der Waals surface area (Å²) < 4.78 is 0. The predicted octanol–water partition coefficient (Wildman–Crippen LogP) is 0.703. The molecule has 0 spiro atoms. The maximum atomic E-state index is 10.7. The van der Waals surface area contributed by atoms with Crippen molar-refractivity contribution in [1.29, 1.82) is 0 Å². The fourth-order valence-corrected chi connectivity index (χ4v) is 2.01. The Balaban J connectivity index is 2.17. The molecule has 2 rings (SSSR count). The zero-order valence-corrected chi connectivity index (χ0v) is 8.68. The van der Waals surface area contributed by atoms with E-state index < -0.39 is 12.0 Å². The monoisotopic (exact) mass is 222 g/mol. The normalized spacial score (nSPS) is 19.9. The minimum absolute atomic E-state index is 0.0493. The largest absolute Gasteiger partial charge is 0.508 e. The molecule has 5 N–H and O–H groups in total. The van der Waals surface area contributed by atoms with Gasteiger partial charge in [0.05, 0.1) is 0 Å². The fourth-order valence-electron chi connectivity index (χ4n) is 2.01. The van der Waals surface area contributed by atoms with Gasteiger partial charge in [0.2, 0.25) is 0 Å². The highest BCUT2D eigenvalue weighted by Gasteiger charge is 2.26. The minimum Gasteiger partial charge on any atom is -0.508 e. The molecule has 2 unspecified atom stereocenters. The SMILES string of the molecule is NC(CC1CNc2ccc(O)cc21)C(=O)O. The first-order valence-electron chi connectivity index (χ1n) is 5.13. The first kappa shape index (κ1) is 10.8. The zero-order valence-electron chi connectivity index (χ0n) is 8.68. The van der Waals surface area contributed by atoms with Crippen molar-refractivity contribution in [3.8, 4) is 5.75 Å². The van der Waals surface area contributed by atoms with Crippen molar-refractivity contribution in [2.24, 2.45) is 5.73 Å². The maximum absolute atomic E-state index is 10.7. The van der Waals surface area contributed by atoms with Crippen LogP contribution in [0.15, 0.2) is 18.2 Å². The van der Waals surface area contributed by atoms with Crippen LogP contribution in [0.25, 0.3) is 0 Å². The molecule has 0 saturated carbocycles. The van der Waals surface area contributed by atoms with E-state index in [0.717, 1.165) is 11.3 Å². The molecule has 86 valence electrons. The second-order valence-corrected chi connectivity index (χ2v) is 4.03. The molecular weight excluding hydrogens is 208 g/mol. The van der Waals surface area contributed by atoms with Crippen LogP contribution in [0.2, 0.25) is 0 Å². The number of aromatic hydroxyl groups is 1. The average Bonchev–Trinajstić information content (AvgIpc) is 2.61. The van der Waals surface area contributed by atoms with Crippen LogP contribution >= 0.6 is 0 Å². The number of anilines is 1. The number of hydrogen-bond donors (Lipinski definition) is 4. The quantitative estimate of drug-likeness (QED) is 0.565. The van der Waals surface area contributed by atoms with Crippen molar-refractivity contribution in [3.05, 3.63) is 23.8 Å². The predicted molar refractivity (Wildman–Crippen MR) is 59.6 cm³/mol. The summed E-state index contributed by atoms with van der Waals surface area (Å²) in [6.07, 6.45) is 0.374. The van der Waals surface area contributed by atoms with E-state index >= 15 is 0 Å². The molecule has 0 saturated heterocycles. The van der Waals surface area contributed by atoms with E-state index in [2.05, 4.69) is 5.32 Å². The molecule has 1 aliphatic heterocycles. The number of benzene rings is 1. The number of rotatable bonds is 3. The van der Waals surface area contributed by atoms with Gasteiger partial charge in [-0.25, -0.2) is 0 Å². The molecule has 5 nitrogen and oxygen atoms in total. The fraction of sp³-hybridized carbons (Fsp3) is 0.364. The molecule has 0 fully saturated rings. The van der Waals surface area contributed by atoms with Crippen LogP contribution in [-0.2, 0) is 4.79 Å². The molecule has 0 bridgehead atoms. The molecule has 16 heavy (non-hydrogen) atoms. The number of carbonyl (C=O) groups is 1. The summed E-state index contributed by atoms with van der Waals surface area (Å²) in [7, 11) is 0. The third-order valence-corrected chi connectivity index (χ3v) is 2.87. The molecule has 0 aromatic heterocycles. The van der Waals surface area contributed by atoms with Crippen molar-refractivity contribution in [3.63, 3.8) is 0 Å². The number of aliphatic carboxylic acids is 1. The Morgan fingerprint density at radius 1 is 1.62 bits per heavy atom. The average molecular weight is 222 g/mol. The lowest BCUT2D eigenvalue weighted by Crippen LogP contribution is -2.32. The second-order valence-electron chi connectivity index (χ2n) is 4.03. The lowest BCUT2D eigenvalue weighted by molar-refractivity contribution is -0.138. The molecule has 1 heterocycles. The summed E-state index contributed by atoms with van der Waals surface area (Å²) in [6.45, 7) is 0.666. The first-order valence-corrected chi connectivity index (χ1v) is 5.13. The smallest absolute Gasteiger partial charge is 0.320 e. The standard InChI is InChI=1S/C11H14N2O3/c12-9(11(15)16)3-6-5-13-10-2-1-7(14)4-8(6)10/h1-2,4,6,9,13-14H,3,5,12H2,(H,15,16). The highest BCUT2D eigenvalue weighted by atomic mass is 16.4. The van der Waals surface area contributed by atoms with Gasteiger partial charge in [-0.2, -0.15) is 0 Å². The van der Waals surface area contributed by atoms with Gasteiger partial charge in [0.15, 0.2) is 0 Å². The van der Waals surface area contributed by atoms with Crippen LogP contribution in [0.3, 0.4) is 0 Å². The molecule has 2 atom stereocenters. The molecule has 0 aliphatic carbocycles. The Bertz CT molecular complexity index is 420. The lowest BCUT2D eigenvalue weighted by atomic mass is 9.94. The van der Waals surface area contributed by atoms with E-state index in [0.29, 0.717) is 13.0 Å². The highest BCUT2D eigenvalue weighted by molar-refractivity contribution is 5.73. The number of hydrogen-bond acceptors (Lipinski definition) is 4. The summed E-state index contributed by atoms with van der Waals surface area (Å²) in [5, 5.41) is 21.3. The summed E-state index contributed by atoms with van der Waals surface area (Å²) in [5.41, 5.74) is 7.39. The van der Waals surface area contributed by atoms with Gasteiger partial charge in [0.25, 0.3) is 0 Å². The van der Waals surface area contributed by atoms with Gasteiger partial charge >= 0.3 is 5.97 Å². The second kappa shape index (κ2) is 4.02. The highest BCUT2D eigenvalue weighted by Crippen LogP contribution is 2.36. The molecule has 0 amide bonds. The van der Waals surface area contributed by atoms with Gasteiger partial charge in [-0.15, -0.1) is 0 Å². The van der Waals surface area contributed by atoms with E-state index in [1.54, 1.807) is 18.2 Å².